The summed E-state index contributed by atoms with van der Waals surface area (Å²) in [5.41, 5.74) is 2.57. The third-order valence-electron chi connectivity index (χ3n) is 10.7. The predicted molar refractivity (Wildman–Crippen MR) is 160 cm³/mol. The second kappa shape index (κ2) is 12.0. The Hall–Kier alpha value is -0.753. The van der Waals surface area contributed by atoms with E-state index in [4.69, 9.17) is 4.43 Å². The molecule has 3 nitrogen and oxygen atoms in total. The monoisotopic (exact) mass is 548 g/mol. The van der Waals surface area contributed by atoms with E-state index in [2.05, 4.69) is 59.9 Å². The molecule has 2 N–H and O–H groups in total. The van der Waals surface area contributed by atoms with Crippen LogP contribution in [0, 0.1) is 23.2 Å². The van der Waals surface area contributed by atoms with Gasteiger partial charge < -0.3 is 14.6 Å². The molecule has 38 heavy (non-hydrogen) atoms. The van der Waals surface area contributed by atoms with Gasteiger partial charge in [-0.2, -0.15) is 0 Å². The molecule has 0 aromatic heterocycles. The minimum atomic E-state index is -1.99. The van der Waals surface area contributed by atoms with Crippen molar-refractivity contribution in [2.24, 2.45) is 23.2 Å². The van der Waals surface area contributed by atoms with Crippen LogP contribution in [0.3, 0.4) is 0 Å². The zero-order valence-corrected chi connectivity index (χ0v) is 26.9. The summed E-state index contributed by atoms with van der Waals surface area (Å²) >= 11 is 0. The highest BCUT2D eigenvalue weighted by molar-refractivity contribution is 6.74. The highest BCUT2D eigenvalue weighted by Gasteiger charge is 2.50. The molecular weight excluding hydrogens is 491 g/mol. The lowest BCUT2D eigenvalue weighted by molar-refractivity contribution is 0.0596. The van der Waals surface area contributed by atoms with Crippen LogP contribution < -0.4 is 0 Å². The number of rotatable bonds is 8. The Labute approximate surface area is 234 Å². The van der Waals surface area contributed by atoms with Crippen LogP contribution in [0.4, 0.5) is 4.39 Å². The summed E-state index contributed by atoms with van der Waals surface area (Å²) in [5.74, 6) is 1.96. The van der Waals surface area contributed by atoms with Gasteiger partial charge in [0.25, 0.3) is 0 Å². The predicted octanol–water partition coefficient (Wildman–Crippen LogP) is 9.03. The van der Waals surface area contributed by atoms with Crippen LogP contribution in [0.25, 0.3) is 0 Å². The van der Waals surface area contributed by atoms with Crippen molar-refractivity contribution in [2.75, 3.05) is 0 Å². The van der Waals surface area contributed by atoms with Crippen LogP contribution in [0.1, 0.15) is 113 Å². The highest BCUT2D eigenvalue weighted by atomic mass is 28.4. The number of hydrogen-bond donors (Lipinski definition) is 2. The molecule has 218 valence electrons. The maximum absolute atomic E-state index is 14.0. The van der Waals surface area contributed by atoms with Crippen molar-refractivity contribution in [3.8, 4) is 0 Å². The average molecular weight is 549 g/mol. The van der Waals surface area contributed by atoms with Crippen molar-refractivity contribution in [1.82, 2.24) is 0 Å². The first-order valence-electron chi connectivity index (χ1n) is 15.3. The summed E-state index contributed by atoms with van der Waals surface area (Å²) in [5, 5.41) is 21.0. The Kier molecular flexibility index (Phi) is 10.0. The van der Waals surface area contributed by atoms with E-state index in [1.165, 1.54) is 37.7 Å². The van der Waals surface area contributed by atoms with E-state index in [0.717, 1.165) is 24.8 Å². The van der Waals surface area contributed by atoms with Crippen LogP contribution in [0.5, 0.6) is 0 Å². The van der Waals surface area contributed by atoms with Crippen molar-refractivity contribution >= 4 is 8.32 Å². The Balaban J connectivity index is 1.77. The zero-order valence-electron chi connectivity index (χ0n) is 25.9. The van der Waals surface area contributed by atoms with Gasteiger partial charge in [-0.15, -0.1) is 0 Å². The maximum atomic E-state index is 14.0. The Morgan fingerprint density at radius 2 is 1.84 bits per heavy atom. The normalized spacial score (nSPS) is 35.2. The molecule has 0 aromatic carbocycles. The van der Waals surface area contributed by atoms with Crippen molar-refractivity contribution in [3.63, 3.8) is 0 Å². The third kappa shape index (κ3) is 7.30. The Morgan fingerprint density at radius 1 is 1.16 bits per heavy atom. The van der Waals surface area contributed by atoms with Crippen LogP contribution in [0.15, 0.2) is 35.2 Å². The Morgan fingerprint density at radius 3 is 2.45 bits per heavy atom. The summed E-state index contributed by atoms with van der Waals surface area (Å²) in [6.07, 6.45) is 14.5. The van der Waals surface area contributed by atoms with E-state index in [0.29, 0.717) is 47.9 Å². The van der Waals surface area contributed by atoms with Crippen LogP contribution >= 0.6 is 0 Å². The highest BCUT2D eigenvalue weighted by Crippen LogP contribution is 2.60. The molecule has 3 rings (SSSR count). The van der Waals surface area contributed by atoms with Gasteiger partial charge >= 0.3 is 0 Å². The molecule has 3 saturated carbocycles. The molecule has 3 fully saturated rings. The summed E-state index contributed by atoms with van der Waals surface area (Å²) in [6, 6.07) is 0. The average Bonchev–Trinajstić information content (AvgIpc) is 3.13. The SMILES string of the molecule is C[C@H](CCCC(C)(C)O)[C@H]1CC[C@H]2/C(=C/C=C3\C[C@@H](O[Si](C)(C)C(C)(C)C)C[C@H](O)\C3=C/F)CCC[C@]12C. The quantitative estimate of drug-likeness (QED) is 0.298. The number of halogens is 1. The van der Waals surface area contributed by atoms with Crippen molar-refractivity contribution < 1.29 is 19.0 Å². The molecule has 3 aliphatic carbocycles. The fourth-order valence-corrected chi connectivity index (χ4v) is 8.87. The summed E-state index contributed by atoms with van der Waals surface area (Å²) < 4.78 is 20.6. The van der Waals surface area contributed by atoms with Crippen molar-refractivity contribution in [1.29, 1.82) is 0 Å². The van der Waals surface area contributed by atoms with Gasteiger partial charge in [-0.3, -0.25) is 0 Å². The zero-order chi connectivity index (χ0) is 28.5. The molecule has 0 amide bonds. The summed E-state index contributed by atoms with van der Waals surface area (Å²) in [4.78, 5) is 0. The van der Waals surface area contributed by atoms with E-state index < -0.39 is 20.0 Å². The summed E-state index contributed by atoms with van der Waals surface area (Å²) in [7, 11) is -1.99. The second-order valence-corrected chi connectivity index (χ2v) is 20.0. The van der Waals surface area contributed by atoms with E-state index in [9.17, 15) is 14.6 Å². The van der Waals surface area contributed by atoms with Gasteiger partial charge in [0.15, 0.2) is 8.32 Å². The largest absolute Gasteiger partial charge is 0.413 e. The van der Waals surface area contributed by atoms with Gasteiger partial charge in [0.2, 0.25) is 0 Å². The number of allylic oxidation sites excluding steroid dienone is 3. The number of aliphatic hydroxyl groups excluding tert-OH is 1. The van der Waals surface area contributed by atoms with Crippen LogP contribution in [-0.4, -0.2) is 36.3 Å². The van der Waals surface area contributed by atoms with E-state index >= 15 is 0 Å². The van der Waals surface area contributed by atoms with Gasteiger partial charge in [-0.25, -0.2) is 4.39 Å². The number of fused-ring (bicyclic) bond motifs is 1. The minimum Gasteiger partial charge on any atom is -0.413 e. The standard InChI is InChI=1S/C33H57FO3Si/c1-23(12-10-18-32(5,6)36)28-16-17-29-24(13-11-19-33(28,29)7)14-15-25-20-26(21-30(35)27(25)22-34)37-38(8,9)31(2,3)4/h14-15,22-23,26,28-30,35-36H,10-13,16-21H2,1-9H3/b24-14+,25-15+,27-22-/t23-,26-,28-,29+,30+,33-/m1/s1. The molecular formula is C33H57FO3Si. The lowest BCUT2D eigenvalue weighted by atomic mass is 9.60. The van der Waals surface area contributed by atoms with Gasteiger partial charge in [-0.05, 0) is 106 Å². The maximum Gasteiger partial charge on any atom is 0.192 e. The molecule has 6 atom stereocenters. The molecule has 0 heterocycles. The molecule has 0 unspecified atom stereocenters. The molecule has 0 saturated heterocycles. The second-order valence-electron chi connectivity index (χ2n) is 15.2. The molecule has 0 aliphatic heterocycles. The fraction of sp³-hybridized carbons (Fsp3) is 0.818. The first kappa shape index (κ1) is 31.8. The molecule has 0 aromatic rings. The van der Waals surface area contributed by atoms with E-state index in [1.54, 1.807) is 0 Å². The van der Waals surface area contributed by atoms with Gasteiger partial charge in [0.1, 0.15) is 0 Å². The van der Waals surface area contributed by atoms with Gasteiger partial charge in [0, 0.05) is 12.0 Å². The van der Waals surface area contributed by atoms with Crippen LogP contribution in [0.2, 0.25) is 18.1 Å². The first-order chi connectivity index (χ1) is 17.5. The number of aliphatic hydroxyl groups is 2. The molecule has 0 spiro atoms. The third-order valence-corrected chi connectivity index (χ3v) is 15.3. The van der Waals surface area contributed by atoms with Gasteiger partial charge in [-0.1, -0.05) is 65.2 Å². The minimum absolute atomic E-state index is 0.0727. The fourth-order valence-electron chi connectivity index (χ4n) is 7.51. The molecule has 0 bridgehead atoms. The van der Waals surface area contributed by atoms with Crippen LogP contribution in [-0.2, 0) is 4.43 Å². The smallest absolute Gasteiger partial charge is 0.192 e. The lowest BCUT2D eigenvalue weighted by Gasteiger charge is -2.44. The number of hydrogen-bond acceptors (Lipinski definition) is 3. The lowest BCUT2D eigenvalue weighted by Crippen LogP contribution is -2.46. The molecule has 5 heteroatoms. The molecule has 3 aliphatic rings. The van der Waals surface area contributed by atoms with Crippen molar-refractivity contribution in [2.45, 2.75) is 149 Å². The topological polar surface area (TPSA) is 49.7 Å². The first-order valence-corrected chi connectivity index (χ1v) is 18.2. The van der Waals surface area contributed by atoms with Gasteiger partial charge in [0.05, 0.1) is 24.1 Å². The van der Waals surface area contributed by atoms with E-state index in [-0.39, 0.29) is 11.1 Å². The van der Waals surface area contributed by atoms with E-state index in [1.807, 2.05) is 13.8 Å². The van der Waals surface area contributed by atoms with Crippen molar-refractivity contribution in [3.05, 3.63) is 35.2 Å². The summed E-state index contributed by atoms with van der Waals surface area (Å²) in [6.45, 7) is 19.9. The Bertz CT molecular complexity index is 906. The molecule has 0 radical (unpaired) electrons.